The highest BCUT2D eigenvalue weighted by atomic mass is 32.2. The van der Waals surface area contributed by atoms with Crippen LogP contribution in [0.15, 0.2) is 66.7 Å². The standard InChI is InChI=1S/C34H37NO2S4Si2/c1-42(2,3)23-21-40-33(38)30-17-10-26(11-18-30)7-8-28-14-16-29(32(25-28)35(36)37)15-9-27-12-19-31(20-13-27)34(39)41-22-24-43(4,5)6/h10-14,16-20,25H,21-24H2,1-6H3. The zero-order valence-electron chi connectivity index (χ0n) is 25.6. The Labute approximate surface area is 278 Å². The number of nitrogens with zero attached hydrogens (tertiary/aromatic N) is 1. The van der Waals surface area contributed by atoms with Gasteiger partial charge in [0.05, 0.1) is 13.3 Å². The van der Waals surface area contributed by atoms with E-state index in [-0.39, 0.29) is 5.69 Å². The van der Waals surface area contributed by atoms with Crippen molar-refractivity contribution in [3.8, 4) is 23.7 Å². The molecule has 3 nitrogen and oxygen atoms in total. The summed E-state index contributed by atoms with van der Waals surface area (Å²) in [5, 5.41) is 11.8. The second-order valence-corrected chi connectivity index (χ2v) is 27.3. The van der Waals surface area contributed by atoms with Crippen LogP contribution in [-0.4, -0.2) is 41.0 Å². The molecule has 0 N–H and O–H groups in total. The van der Waals surface area contributed by atoms with Crippen molar-refractivity contribution >= 4 is 78.2 Å². The Balaban J connectivity index is 1.66. The monoisotopic (exact) mass is 675 g/mol. The summed E-state index contributed by atoms with van der Waals surface area (Å²) < 4.78 is 1.78. The van der Waals surface area contributed by atoms with Crippen molar-refractivity contribution < 1.29 is 4.92 Å². The Hall–Kier alpha value is -2.51. The van der Waals surface area contributed by atoms with Gasteiger partial charge in [-0.05, 0) is 71.1 Å². The third-order valence-electron chi connectivity index (χ3n) is 6.30. The number of benzene rings is 3. The number of nitro groups is 1. The van der Waals surface area contributed by atoms with Crippen LogP contribution in [0.4, 0.5) is 5.69 Å². The Morgan fingerprint density at radius 2 is 1.07 bits per heavy atom. The predicted octanol–water partition coefficient (Wildman–Crippen LogP) is 9.89. The Morgan fingerprint density at radius 1 is 0.674 bits per heavy atom. The highest BCUT2D eigenvalue weighted by Gasteiger charge is 2.15. The molecule has 0 atom stereocenters. The molecule has 3 aromatic rings. The zero-order chi connectivity index (χ0) is 31.6. The molecule has 0 bridgehead atoms. The maximum atomic E-state index is 11.8. The molecule has 43 heavy (non-hydrogen) atoms. The van der Waals surface area contributed by atoms with E-state index in [9.17, 15) is 10.1 Å². The van der Waals surface area contributed by atoms with Crippen molar-refractivity contribution in [1.29, 1.82) is 0 Å². The SMILES string of the molecule is C[Si](C)(C)CCSC(=S)c1ccc(C#Cc2ccc(C#Cc3ccc(C(=S)SCC[Si](C)(C)C)cc3)c([N+](=O)[O-])c2)cc1. The highest BCUT2D eigenvalue weighted by Crippen LogP contribution is 2.22. The van der Waals surface area contributed by atoms with Crippen molar-refractivity contribution in [2.45, 2.75) is 51.4 Å². The van der Waals surface area contributed by atoms with Gasteiger partial charge in [-0.1, -0.05) is 112 Å². The number of hydrogen-bond donors (Lipinski definition) is 0. The second-order valence-electron chi connectivity index (χ2n) is 12.5. The molecule has 0 fully saturated rings. The average molecular weight is 676 g/mol. The first-order valence-electron chi connectivity index (χ1n) is 14.1. The first-order valence-corrected chi connectivity index (χ1v) is 24.3. The van der Waals surface area contributed by atoms with Crippen molar-refractivity contribution in [3.05, 3.63) is 110 Å². The number of nitro benzene ring substituents is 1. The molecule has 0 spiro atoms. The molecule has 0 aromatic heterocycles. The van der Waals surface area contributed by atoms with Gasteiger partial charge < -0.3 is 0 Å². The third kappa shape index (κ3) is 12.6. The molecule has 0 radical (unpaired) electrons. The molecule has 9 heteroatoms. The number of hydrogen-bond acceptors (Lipinski definition) is 6. The van der Waals surface area contributed by atoms with Crippen molar-refractivity contribution in [2.24, 2.45) is 0 Å². The van der Waals surface area contributed by atoms with E-state index in [4.69, 9.17) is 24.4 Å². The maximum Gasteiger partial charge on any atom is 0.286 e. The highest BCUT2D eigenvalue weighted by molar-refractivity contribution is 8.24. The van der Waals surface area contributed by atoms with Crippen LogP contribution < -0.4 is 0 Å². The quantitative estimate of drug-likeness (QED) is 0.0740. The van der Waals surface area contributed by atoms with Crippen LogP contribution in [0, 0.1) is 33.8 Å². The smallest absolute Gasteiger partial charge is 0.258 e. The fraction of sp³-hybridized carbons (Fsp3) is 0.294. The van der Waals surface area contributed by atoms with E-state index in [0.29, 0.717) is 11.1 Å². The molecule has 3 aromatic carbocycles. The topological polar surface area (TPSA) is 43.1 Å². The lowest BCUT2D eigenvalue weighted by molar-refractivity contribution is -0.385. The second kappa shape index (κ2) is 16.0. The predicted molar refractivity (Wildman–Crippen MR) is 203 cm³/mol. The van der Waals surface area contributed by atoms with E-state index in [2.05, 4.69) is 63.0 Å². The van der Waals surface area contributed by atoms with Gasteiger partial charge >= 0.3 is 0 Å². The molecular weight excluding hydrogens is 639 g/mol. The molecule has 222 valence electrons. The summed E-state index contributed by atoms with van der Waals surface area (Å²) in [5.74, 6) is 14.3. The summed E-state index contributed by atoms with van der Waals surface area (Å²) in [5.41, 5.74) is 4.46. The molecular formula is C34H37NO2S4Si2. The lowest BCUT2D eigenvalue weighted by atomic mass is 10.1. The minimum absolute atomic E-state index is 0.0630. The van der Waals surface area contributed by atoms with Gasteiger partial charge in [0.2, 0.25) is 0 Å². The van der Waals surface area contributed by atoms with Crippen molar-refractivity contribution in [3.63, 3.8) is 0 Å². The Kier molecular flexibility index (Phi) is 13.0. The molecule has 0 aliphatic heterocycles. The molecule has 0 saturated carbocycles. The van der Waals surface area contributed by atoms with Crippen molar-refractivity contribution in [2.75, 3.05) is 11.5 Å². The molecule has 0 unspecified atom stereocenters. The Bertz CT molecular complexity index is 1600. The van der Waals surface area contributed by atoms with Gasteiger partial charge in [-0.25, -0.2) is 0 Å². The fourth-order valence-corrected chi connectivity index (χ4v) is 11.1. The minimum atomic E-state index is -1.09. The first kappa shape index (κ1) is 35.0. The zero-order valence-corrected chi connectivity index (χ0v) is 30.8. The van der Waals surface area contributed by atoms with Gasteiger partial charge in [-0.15, -0.1) is 23.5 Å². The molecule has 0 heterocycles. The van der Waals surface area contributed by atoms with Crippen LogP contribution >= 0.6 is 48.0 Å². The molecule has 3 rings (SSSR count). The summed E-state index contributed by atoms with van der Waals surface area (Å²) in [6, 6.07) is 23.0. The van der Waals surface area contributed by atoms with E-state index < -0.39 is 21.1 Å². The lowest BCUT2D eigenvalue weighted by Crippen LogP contribution is -2.20. The molecule has 0 aliphatic rings. The first-order chi connectivity index (χ1) is 20.2. The van der Waals surface area contributed by atoms with Gasteiger partial charge in [0.25, 0.3) is 5.69 Å². The van der Waals surface area contributed by atoms with Gasteiger partial charge in [0.15, 0.2) is 0 Å². The van der Waals surface area contributed by atoms with E-state index in [1.165, 1.54) is 18.2 Å². The van der Waals surface area contributed by atoms with Gasteiger partial charge in [-0.2, -0.15) is 0 Å². The van der Waals surface area contributed by atoms with E-state index >= 15 is 0 Å². The maximum absolute atomic E-state index is 11.8. The van der Waals surface area contributed by atoms with Crippen LogP contribution in [0.25, 0.3) is 0 Å². The third-order valence-corrected chi connectivity index (χ3v) is 13.5. The number of thiocarbonyl (C=S) groups is 2. The normalized spacial score (nSPS) is 11.1. The minimum Gasteiger partial charge on any atom is -0.258 e. The summed E-state index contributed by atoms with van der Waals surface area (Å²) in [6.45, 7) is 14.2. The van der Waals surface area contributed by atoms with Gasteiger partial charge in [0, 0.05) is 38.9 Å². The van der Waals surface area contributed by atoms with Crippen LogP contribution in [0.2, 0.25) is 51.4 Å². The van der Waals surface area contributed by atoms with Gasteiger partial charge in [0.1, 0.15) is 5.56 Å². The number of thioether (sulfide) groups is 2. The van der Waals surface area contributed by atoms with E-state index in [1.54, 1.807) is 35.7 Å². The summed E-state index contributed by atoms with van der Waals surface area (Å²) >= 11 is 14.7. The van der Waals surface area contributed by atoms with Crippen LogP contribution in [0.3, 0.4) is 0 Å². The average Bonchev–Trinajstić information content (AvgIpc) is 2.94. The number of rotatable bonds is 9. The summed E-state index contributed by atoms with van der Waals surface area (Å²) in [4.78, 5) is 11.4. The molecule has 0 saturated heterocycles. The van der Waals surface area contributed by atoms with Gasteiger partial charge in [-0.3, -0.25) is 10.1 Å². The fourth-order valence-electron chi connectivity index (χ4n) is 3.60. The van der Waals surface area contributed by atoms with Crippen LogP contribution in [-0.2, 0) is 0 Å². The van der Waals surface area contributed by atoms with Crippen molar-refractivity contribution in [1.82, 2.24) is 0 Å². The van der Waals surface area contributed by atoms with E-state index in [1.807, 2.05) is 48.5 Å². The molecule has 0 amide bonds. The summed E-state index contributed by atoms with van der Waals surface area (Å²) in [6.07, 6.45) is 0. The van der Waals surface area contributed by atoms with E-state index in [0.717, 1.165) is 42.2 Å². The lowest BCUT2D eigenvalue weighted by Gasteiger charge is -2.15. The Morgan fingerprint density at radius 3 is 1.49 bits per heavy atom. The largest absolute Gasteiger partial charge is 0.286 e. The van der Waals surface area contributed by atoms with Crippen LogP contribution in [0.1, 0.15) is 33.4 Å². The summed E-state index contributed by atoms with van der Waals surface area (Å²) in [7, 11) is -2.16. The van der Waals surface area contributed by atoms with Crippen LogP contribution in [0.5, 0.6) is 0 Å². The molecule has 0 aliphatic carbocycles.